The Bertz CT molecular complexity index is 1440. The molecule has 3 aromatic carbocycles. The van der Waals surface area contributed by atoms with Crippen LogP contribution in [-0.4, -0.2) is 32.8 Å². The first-order valence-electron chi connectivity index (χ1n) is 11.9. The number of aliphatic hydroxyl groups excluding tert-OH is 1. The minimum atomic E-state index is -4.29. The molecule has 36 heavy (non-hydrogen) atoms. The molecule has 5 nitrogen and oxygen atoms in total. The maximum atomic E-state index is 13.1. The van der Waals surface area contributed by atoms with Crippen molar-refractivity contribution in [1.82, 2.24) is 14.9 Å². The maximum Gasteiger partial charge on any atom is 0.389 e. The van der Waals surface area contributed by atoms with Gasteiger partial charge in [0.15, 0.2) is 0 Å². The van der Waals surface area contributed by atoms with Crippen LogP contribution in [0.15, 0.2) is 60.9 Å². The van der Waals surface area contributed by atoms with Gasteiger partial charge in [0.25, 0.3) is 5.91 Å². The average molecular weight is 494 g/mol. The van der Waals surface area contributed by atoms with Crippen LogP contribution in [0.2, 0.25) is 0 Å². The van der Waals surface area contributed by atoms with Gasteiger partial charge in [-0.3, -0.25) is 9.36 Å². The highest BCUT2D eigenvalue weighted by atomic mass is 19.4. The highest BCUT2D eigenvalue weighted by molar-refractivity contribution is 5.96. The summed E-state index contributed by atoms with van der Waals surface area (Å²) in [5.41, 5.74) is 5.95. The number of nitrogens with zero attached hydrogens (tertiary/aromatic N) is 2. The fourth-order valence-corrected chi connectivity index (χ4v) is 4.50. The molecular formula is C28H26F3N3O2. The standard InChI is InChI=1S/C28H26F3N3O2/c1-17-12-22(8-9-23(17)27(36)33-21-6-7-21)34-16-32-26-18(10-11-28(29,30)31)13-20(14-25(26)34)24-5-3-2-4-19(24)15-35/h2-5,8-9,12-14,16,21,35H,6-7,10-11,15H2,1H3,(H,33,36). The number of aromatic nitrogens is 2. The lowest BCUT2D eigenvalue weighted by Crippen LogP contribution is -2.26. The van der Waals surface area contributed by atoms with E-state index in [2.05, 4.69) is 10.3 Å². The minimum absolute atomic E-state index is 0.102. The van der Waals surface area contributed by atoms with Crippen LogP contribution in [-0.2, 0) is 13.0 Å². The van der Waals surface area contributed by atoms with E-state index in [-0.39, 0.29) is 25.0 Å². The van der Waals surface area contributed by atoms with Crippen LogP contribution in [0.4, 0.5) is 13.2 Å². The van der Waals surface area contributed by atoms with Crippen LogP contribution in [0.3, 0.4) is 0 Å². The molecular weight excluding hydrogens is 467 g/mol. The number of rotatable bonds is 7. The summed E-state index contributed by atoms with van der Waals surface area (Å²) in [6.07, 6.45) is -1.84. The molecule has 1 fully saturated rings. The smallest absolute Gasteiger partial charge is 0.389 e. The van der Waals surface area contributed by atoms with Crippen LogP contribution in [0.1, 0.15) is 46.3 Å². The molecule has 0 bridgehead atoms. The second-order valence-electron chi connectivity index (χ2n) is 9.30. The average Bonchev–Trinajstić information content (AvgIpc) is 3.56. The van der Waals surface area contributed by atoms with Crippen molar-refractivity contribution in [3.63, 3.8) is 0 Å². The van der Waals surface area contributed by atoms with Crippen molar-refractivity contribution in [1.29, 1.82) is 0 Å². The van der Waals surface area contributed by atoms with E-state index in [1.54, 1.807) is 24.5 Å². The van der Waals surface area contributed by atoms with Gasteiger partial charge in [0.1, 0.15) is 6.33 Å². The molecule has 1 saturated carbocycles. The number of carbonyl (C=O) groups is 1. The van der Waals surface area contributed by atoms with Crippen molar-refractivity contribution in [3.8, 4) is 16.8 Å². The Balaban J connectivity index is 1.61. The van der Waals surface area contributed by atoms with E-state index < -0.39 is 12.6 Å². The van der Waals surface area contributed by atoms with Crippen LogP contribution < -0.4 is 5.32 Å². The molecule has 1 aliphatic carbocycles. The van der Waals surface area contributed by atoms with Crippen LogP contribution in [0.25, 0.3) is 27.8 Å². The fraction of sp³-hybridized carbons (Fsp3) is 0.286. The predicted molar refractivity (Wildman–Crippen MR) is 132 cm³/mol. The lowest BCUT2D eigenvalue weighted by Gasteiger charge is -2.14. The molecule has 2 N–H and O–H groups in total. The zero-order valence-corrected chi connectivity index (χ0v) is 19.8. The Morgan fingerprint density at radius 1 is 1.11 bits per heavy atom. The number of fused-ring (bicyclic) bond motifs is 1. The van der Waals surface area contributed by atoms with Gasteiger partial charge in [-0.05, 0) is 84.3 Å². The van der Waals surface area contributed by atoms with E-state index in [4.69, 9.17) is 0 Å². The number of aliphatic hydroxyl groups is 1. The van der Waals surface area contributed by atoms with Crippen molar-refractivity contribution in [2.45, 2.75) is 51.4 Å². The molecule has 0 aliphatic heterocycles. The third kappa shape index (κ3) is 4.99. The van der Waals surface area contributed by atoms with Crippen molar-refractivity contribution < 1.29 is 23.1 Å². The Morgan fingerprint density at radius 3 is 2.58 bits per heavy atom. The van der Waals surface area contributed by atoms with Gasteiger partial charge in [0.05, 0.1) is 17.6 Å². The summed E-state index contributed by atoms with van der Waals surface area (Å²) in [5.74, 6) is -0.102. The molecule has 1 amide bonds. The van der Waals surface area contributed by atoms with Crippen molar-refractivity contribution >= 4 is 16.9 Å². The Hall–Kier alpha value is -3.65. The summed E-state index contributed by atoms with van der Waals surface area (Å²) in [5, 5.41) is 12.8. The van der Waals surface area contributed by atoms with Gasteiger partial charge in [-0.1, -0.05) is 24.3 Å². The second-order valence-corrected chi connectivity index (χ2v) is 9.30. The Kier molecular flexibility index (Phi) is 6.30. The third-order valence-corrected chi connectivity index (χ3v) is 6.55. The molecule has 186 valence electrons. The number of imidazole rings is 1. The van der Waals surface area contributed by atoms with Gasteiger partial charge in [-0.25, -0.2) is 4.98 Å². The van der Waals surface area contributed by atoms with Gasteiger partial charge >= 0.3 is 6.18 Å². The zero-order valence-electron chi connectivity index (χ0n) is 19.8. The topological polar surface area (TPSA) is 67.1 Å². The number of halogens is 3. The fourth-order valence-electron chi connectivity index (χ4n) is 4.50. The van der Waals surface area contributed by atoms with Crippen molar-refractivity contribution in [2.75, 3.05) is 0 Å². The number of hydrogen-bond donors (Lipinski definition) is 2. The first-order valence-corrected chi connectivity index (χ1v) is 11.9. The number of nitrogens with one attached hydrogen (secondary N) is 1. The van der Waals surface area contributed by atoms with E-state index in [0.29, 0.717) is 33.3 Å². The first-order chi connectivity index (χ1) is 17.2. The maximum absolute atomic E-state index is 13.1. The summed E-state index contributed by atoms with van der Waals surface area (Å²) in [6.45, 7) is 1.68. The van der Waals surface area contributed by atoms with Gasteiger partial charge in [0, 0.05) is 23.7 Å². The lowest BCUT2D eigenvalue weighted by atomic mass is 9.96. The second kappa shape index (κ2) is 9.43. The first kappa shape index (κ1) is 24.1. The normalized spacial score (nSPS) is 13.8. The predicted octanol–water partition coefficient (Wildman–Crippen LogP) is 5.88. The number of aryl methyl sites for hydroxylation is 2. The number of amides is 1. The Morgan fingerprint density at radius 2 is 1.89 bits per heavy atom. The summed E-state index contributed by atoms with van der Waals surface area (Å²) in [4.78, 5) is 17.0. The van der Waals surface area contributed by atoms with Gasteiger partial charge < -0.3 is 10.4 Å². The SMILES string of the molecule is Cc1cc(-n2cnc3c(CCC(F)(F)F)cc(-c4ccccc4CO)cc32)ccc1C(=O)NC1CC1. The molecule has 0 spiro atoms. The van der Waals surface area contributed by atoms with E-state index >= 15 is 0 Å². The molecule has 1 heterocycles. The van der Waals surface area contributed by atoms with E-state index in [1.165, 1.54) is 0 Å². The number of hydrogen-bond acceptors (Lipinski definition) is 3. The van der Waals surface area contributed by atoms with Crippen LogP contribution in [0.5, 0.6) is 0 Å². The summed E-state index contributed by atoms with van der Waals surface area (Å²) in [7, 11) is 0. The number of alkyl halides is 3. The molecule has 1 aliphatic rings. The molecule has 0 radical (unpaired) electrons. The minimum Gasteiger partial charge on any atom is -0.392 e. The van der Waals surface area contributed by atoms with Gasteiger partial charge in [-0.2, -0.15) is 13.2 Å². The lowest BCUT2D eigenvalue weighted by molar-refractivity contribution is -0.133. The molecule has 4 aromatic rings. The van der Waals surface area contributed by atoms with E-state index in [0.717, 1.165) is 29.7 Å². The van der Waals surface area contributed by atoms with E-state index in [1.807, 2.05) is 47.9 Å². The largest absolute Gasteiger partial charge is 0.392 e. The van der Waals surface area contributed by atoms with Crippen LogP contribution >= 0.6 is 0 Å². The molecule has 8 heteroatoms. The van der Waals surface area contributed by atoms with Gasteiger partial charge in [0.2, 0.25) is 0 Å². The van der Waals surface area contributed by atoms with Crippen molar-refractivity contribution in [3.05, 3.63) is 83.2 Å². The molecule has 5 rings (SSSR count). The third-order valence-electron chi connectivity index (χ3n) is 6.55. The van der Waals surface area contributed by atoms with Crippen LogP contribution in [0, 0.1) is 6.92 Å². The molecule has 0 unspecified atom stereocenters. The van der Waals surface area contributed by atoms with Gasteiger partial charge in [-0.15, -0.1) is 0 Å². The Labute approximate surface area is 206 Å². The van der Waals surface area contributed by atoms with E-state index in [9.17, 15) is 23.1 Å². The summed E-state index contributed by atoms with van der Waals surface area (Å²) >= 11 is 0. The highest BCUT2D eigenvalue weighted by Gasteiger charge is 2.28. The molecule has 1 aromatic heterocycles. The molecule has 0 atom stereocenters. The zero-order chi connectivity index (χ0) is 25.4. The summed E-state index contributed by atoms with van der Waals surface area (Å²) in [6, 6.07) is 16.6. The number of benzene rings is 3. The van der Waals surface area contributed by atoms with Crippen molar-refractivity contribution in [2.24, 2.45) is 0 Å². The molecule has 0 saturated heterocycles. The quantitative estimate of drug-likeness (QED) is 0.338. The number of carbonyl (C=O) groups excluding carboxylic acids is 1. The highest BCUT2D eigenvalue weighted by Crippen LogP contribution is 2.33. The summed E-state index contributed by atoms with van der Waals surface area (Å²) < 4.78 is 41.1. The monoisotopic (exact) mass is 493 g/mol.